The molecule has 5 nitrogen and oxygen atoms in total. The minimum atomic E-state index is -0.0355. The number of ether oxygens (including phenoxy) is 1. The largest absolute Gasteiger partial charge is 0.501 e. The number of hydrogen-bond acceptors (Lipinski definition) is 3. The van der Waals surface area contributed by atoms with Crippen LogP contribution in [0.5, 0.6) is 0 Å². The van der Waals surface area contributed by atoms with Crippen molar-refractivity contribution in [1.29, 1.82) is 0 Å². The van der Waals surface area contributed by atoms with Gasteiger partial charge < -0.3 is 10.1 Å². The zero-order chi connectivity index (χ0) is 15.1. The van der Waals surface area contributed by atoms with Crippen molar-refractivity contribution in [2.75, 3.05) is 7.11 Å². The van der Waals surface area contributed by atoms with Crippen molar-refractivity contribution in [1.82, 2.24) is 15.5 Å². The van der Waals surface area contributed by atoms with Gasteiger partial charge in [-0.3, -0.25) is 9.89 Å². The molecule has 22 heavy (non-hydrogen) atoms. The zero-order valence-electron chi connectivity index (χ0n) is 12.1. The first-order valence-corrected chi connectivity index (χ1v) is 7.15. The summed E-state index contributed by atoms with van der Waals surface area (Å²) in [5.41, 5.74) is 3.66. The second-order valence-corrected chi connectivity index (χ2v) is 5.49. The van der Waals surface area contributed by atoms with Crippen molar-refractivity contribution in [3.63, 3.8) is 0 Å². The number of nitrogens with zero attached hydrogens (tertiary/aromatic N) is 1. The third-order valence-corrected chi connectivity index (χ3v) is 4.18. The van der Waals surface area contributed by atoms with Crippen molar-refractivity contribution in [3.05, 3.63) is 59.1 Å². The van der Waals surface area contributed by atoms with Crippen molar-refractivity contribution in [2.45, 2.75) is 6.42 Å². The van der Waals surface area contributed by atoms with Gasteiger partial charge in [-0.15, -0.1) is 0 Å². The molecule has 0 bridgehead atoms. The van der Waals surface area contributed by atoms with Gasteiger partial charge in [-0.05, 0) is 29.9 Å². The number of amides is 1. The summed E-state index contributed by atoms with van der Waals surface area (Å²) < 4.78 is 5.32. The molecule has 1 unspecified atom stereocenters. The Balaban J connectivity index is 1.72. The molecule has 1 amide bonds. The molecular formula is C17H15N3O2. The fourth-order valence-electron chi connectivity index (χ4n) is 2.99. The Hall–Kier alpha value is -2.82. The number of carbonyl (C=O) groups is 1. The van der Waals surface area contributed by atoms with E-state index in [0.29, 0.717) is 6.42 Å². The number of methoxy groups -OCH3 is 1. The second kappa shape index (κ2) is 4.87. The van der Waals surface area contributed by atoms with Crippen LogP contribution in [0.15, 0.2) is 53.6 Å². The number of H-pyrrole nitrogens is 1. The van der Waals surface area contributed by atoms with E-state index in [0.717, 1.165) is 33.5 Å². The number of rotatable bonds is 2. The highest BCUT2D eigenvalue weighted by Gasteiger charge is 2.35. The molecule has 1 atom stereocenters. The van der Waals surface area contributed by atoms with Gasteiger partial charge in [0.15, 0.2) is 0 Å². The molecule has 5 heteroatoms. The lowest BCUT2D eigenvalue weighted by Crippen LogP contribution is -2.14. The van der Waals surface area contributed by atoms with Gasteiger partial charge in [-0.25, -0.2) is 0 Å². The summed E-state index contributed by atoms with van der Waals surface area (Å²) >= 11 is 0. The summed E-state index contributed by atoms with van der Waals surface area (Å²) in [6, 6.07) is 5.99. The van der Waals surface area contributed by atoms with Crippen molar-refractivity contribution < 1.29 is 9.53 Å². The highest BCUT2D eigenvalue weighted by atomic mass is 16.5. The maximum absolute atomic E-state index is 12.2. The van der Waals surface area contributed by atoms with Gasteiger partial charge in [-0.1, -0.05) is 12.1 Å². The molecule has 1 aromatic heterocycles. The predicted molar refractivity (Wildman–Crippen MR) is 83.5 cm³/mol. The molecule has 2 aliphatic rings. The second-order valence-electron chi connectivity index (χ2n) is 5.49. The molecule has 0 radical (unpaired) electrons. The highest BCUT2D eigenvalue weighted by molar-refractivity contribution is 6.03. The number of hydrogen-bond donors (Lipinski definition) is 2. The molecular weight excluding hydrogens is 278 g/mol. The van der Waals surface area contributed by atoms with E-state index in [-0.39, 0.29) is 11.8 Å². The Morgan fingerprint density at radius 3 is 3.14 bits per heavy atom. The number of aromatic nitrogens is 2. The van der Waals surface area contributed by atoms with E-state index in [9.17, 15) is 4.79 Å². The number of fused-ring (bicyclic) bond motifs is 2. The van der Waals surface area contributed by atoms with Crippen LogP contribution in [0.25, 0.3) is 17.0 Å². The normalized spacial score (nSPS) is 22.3. The number of benzene rings is 1. The van der Waals surface area contributed by atoms with Crippen LogP contribution in [0.4, 0.5) is 0 Å². The van der Waals surface area contributed by atoms with Crippen LogP contribution < -0.4 is 5.32 Å². The zero-order valence-corrected chi connectivity index (χ0v) is 12.1. The van der Waals surface area contributed by atoms with E-state index in [1.54, 1.807) is 13.3 Å². The van der Waals surface area contributed by atoms with Crippen LogP contribution in [0.2, 0.25) is 0 Å². The fourth-order valence-corrected chi connectivity index (χ4v) is 2.99. The maximum Gasteiger partial charge on any atom is 0.252 e. The molecule has 1 aliphatic heterocycles. The average molecular weight is 293 g/mol. The van der Waals surface area contributed by atoms with Crippen molar-refractivity contribution >= 4 is 22.9 Å². The van der Waals surface area contributed by atoms with Gasteiger partial charge in [0, 0.05) is 29.0 Å². The van der Waals surface area contributed by atoms with E-state index >= 15 is 0 Å². The first kappa shape index (κ1) is 12.9. The van der Waals surface area contributed by atoms with Gasteiger partial charge in [0.25, 0.3) is 5.91 Å². The van der Waals surface area contributed by atoms with E-state index in [2.05, 4.69) is 15.5 Å². The van der Waals surface area contributed by atoms with Crippen LogP contribution >= 0.6 is 0 Å². The van der Waals surface area contributed by atoms with Crippen LogP contribution in [0.3, 0.4) is 0 Å². The molecule has 2 aromatic rings. The molecule has 0 spiro atoms. The summed E-state index contributed by atoms with van der Waals surface area (Å²) in [7, 11) is 1.66. The number of aromatic amines is 1. The van der Waals surface area contributed by atoms with Gasteiger partial charge in [0.1, 0.15) is 0 Å². The summed E-state index contributed by atoms with van der Waals surface area (Å²) in [4.78, 5) is 12.2. The lowest BCUT2D eigenvalue weighted by molar-refractivity contribution is -0.115. The lowest BCUT2D eigenvalue weighted by Gasteiger charge is -2.17. The quantitative estimate of drug-likeness (QED) is 0.836. The molecule has 110 valence electrons. The molecule has 1 saturated heterocycles. The highest BCUT2D eigenvalue weighted by Crippen LogP contribution is 2.36. The Morgan fingerprint density at radius 2 is 2.27 bits per heavy atom. The topological polar surface area (TPSA) is 67.0 Å². The Morgan fingerprint density at radius 1 is 1.36 bits per heavy atom. The molecule has 4 rings (SSSR count). The first-order chi connectivity index (χ1) is 10.7. The number of allylic oxidation sites excluding steroid dienone is 4. The van der Waals surface area contributed by atoms with Crippen molar-refractivity contribution in [3.8, 4) is 0 Å². The van der Waals surface area contributed by atoms with Crippen LogP contribution in [-0.4, -0.2) is 23.2 Å². The SMILES string of the molecule is COC1=CC=C2NC(=O)/C(=C/c3ccc4cn[nH]c4c3)C2C1. The van der Waals surface area contributed by atoms with Crippen LogP contribution in [0, 0.1) is 5.92 Å². The summed E-state index contributed by atoms with van der Waals surface area (Å²) in [5.74, 6) is 0.900. The minimum Gasteiger partial charge on any atom is -0.501 e. The van der Waals surface area contributed by atoms with E-state index < -0.39 is 0 Å². The molecule has 0 saturated carbocycles. The first-order valence-electron chi connectivity index (χ1n) is 7.15. The third-order valence-electron chi connectivity index (χ3n) is 4.18. The monoisotopic (exact) mass is 293 g/mol. The molecule has 2 N–H and O–H groups in total. The standard InChI is InChI=1S/C17H15N3O2/c1-22-12-4-5-15-13(8-12)14(17(21)19-15)6-10-2-3-11-9-18-20-16(11)7-10/h2-7,9,13H,8H2,1H3,(H,18,20)(H,19,21)/b14-6+. The van der Waals surface area contributed by atoms with E-state index in [4.69, 9.17) is 4.74 Å². The Labute approximate surface area is 127 Å². The van der Waals surface area contributed by atoms with Gasteiger partial charge in [0.05, 0.1) is 24.6 Å². The van der Waals surface area contributed by atoms with Crippen LogP contribution in [0.1, 0.15) is 12.0 Å². The van der Waals surface area contributed by atoms with Crippen LogP contribution in [-0.2, 0) is 9.53 Å². The predicted octanol–water partition coefficient (Wildman–Crippen LogP) is 2.51. The summed E-state index contributed by atoms with van der Waals surface area (Å²) in [6.07, 6.45) is 8.26. The third kappa shape index (κ3) is 2.02. The van der Waals surface area contributed by atoms with Crippen molar-refractivity contribution in [2.24, 2.45) is 5.92 Å². The smallest absolute Gasteiger partial charge is 0.252 e. The fraction of sp³-hybridized carbons (Fsp3) is 0.176. The van der Waals surface area contributed by atoms with E-state index in [1.807, 2.05) is 36.4 Å². The number of nitrogens with one attached hydrogen (secondary N) is 2. The summed E-state index contributed by atoms with van der Waals surface area (Å²) in [6.45, 7) is 0. The molecule has 1 aromatic carbocycles. The lowest BCUT2D eigenvalue weighted by atomic mass is 9.90. The average Bonchev–Trinajstić information content (AvgIpc) is 3.11. The van der Waals surface area contributed by atoms with E-state index in [1.165, 1.54) is 0 Å². The summed E-state index contributed by atoms with van der Waals surface area (Å²) in [5, 5.41) is 11.0. The molecule has 1 aliphatic carbocycles. The van der Waals surface area contributed by atoms with Gasteiger partial charge in [0.2, 0.25) is 0 Å². The molecule has 1 fully saturated rings. The maximum atomic E-state index is 12.2. The van der Waals surface area contributed by atoms with Gasteiger partial charge >= 0.3 is 0 Å². The Kier molecular flexibility index (Phi) is 2.85. The number of carbonyl (C=O) groups excluding carboxylic acids is 1. The Bertz CT molecular complexity index is 858. The molecule has 2 heterocycles. The minimum absolute atomic E-state index is 0.0355. The van der Waals surface area contributed by atoms with Gasteiger partial charge in [-0.2, -0.15) is 5.10 Å².